The molecule has 0 amide bonds. The molecule has 0 aromatic heterocycles. The first-order valence-electron chi connectivity index (χ1n) is 12.4. The monoisotopic (exact) mass is 533 g/mol. The second-order valence-corrected chi connectivity index (χ2v) is 29.5. The lowest BCUT2D eigenvalue weighted by atomic mass is 10.1. The van der Waals surface area contributed by atoms with Crippen LogP contribution in [0.2, 0.25) is 65.0 Å². The van der Waals surface area contributed by atoms with Crippen LogP contribution in [0.4, 0.5) is 0 Å². The number of nitrogens with one attached hydrogen (secondary N) is 1. The minimum absolute atomic E-state index is 0.248. The maximum absolute atomic E-state index is 10.7. The van der Waals surface area contributed by atoms with E-state index in [2.05, 4.69) is 84.3 Å². The van der Waals surface area contributed by atoms with Crippen LogP contribution >= 0.6 is 0 Å². The molecule has 0 spiro atoms. The van der Waals surface area contributed by atoms with Gasteiger partial charge in [-0.2, -0.15) is 0 Å². The zero-order valence-electron chi connectivity index (χ0n) is 23.5. The second kappa shape index (κ2) is 13.8. The highest BCUT2D eigenvalue weighted by molar-refractivity contribution is 6.90. The number of rotatable bonds is 18. The molecule has 6 nitrogen and oxygen atoms in total. The number of hydrogen-bond donors (Lipinski definition) is 1. The van der Waals surface area contributed by atoms with Crippen LogP contribution in [-0.4, -0.2) is 77.9 Å². The van der Waals surface area contributed by atoms with Gasteiger partial charge >= 0.3 is 8.80 Å². The Bertz CT molecular complexity index is 579. The average molecular weight is 534 g/mol. The molecule has 33 heavy (non-hydrogen) atoms. The summed E-state index contributed by atoms with van der Waals surface area (Å²) in [6, 6.07) is 0.833. The fraction of sp³-hybridized carbons (Fsp3) is 0.870. The lowest BCUT2D eigenvalue weighted by molar-refractivity contribution is -0.912. The zero-order valence-corrected chi connectivity index (χ0v) is 27.5. The molecule has 0 aromatic rings. The van der Waals surface area contributed by atoms with E-state index in [0.29, 0.717) is 13.0 Å². The SMILES string of the molecule is C#CC[N+](C)(C)C(CCCCC=O)NCCC[Si](O[Si](C)(C)C)(O[Si](C)(C)C)O[Si](C)(C)C. The Morgan fingerprint density at radius 3 is 1.76 bits per heavy atom. The summed E-state index contributed by atoms with van der Waals surface area (Å²) >= 11 is 0. The third-order valence-electron chi connectivity index (χ3n) is 4.82. The molecule has 1 unspecified atom stereocenters. The quantitative estimate of drug-likeness (QED) is 0.0651. The molecular weight excluding hydrogens is 481 g/mol. The van der Waals surface area contributed by atoms with Gasteiger partial charge in [-0.25, -0.2) is 0 Å². The normalized spacial score (nSPS) is 14.7. The van der Waals surface area contributed by atoms with Gasteiger partial charge in [-0.3, -0.25) is 5.32 Å². The number of terminal acetylenes is 1. The minimum atomic E-state index is -2.80. The molecule has 10 heteroatoms. The van der Waals surface area contributed by atoms with E-state index in [1.54, 1.807) is 0 Å². The maximum atomic E-state index is 10.7. The van der Waals surface area contributed by atoms with Gasteiger partial charge in [0.15, 0.2) is 25.0 Å². The third kappa shape index (κ3) is 16.2. The summed E-state index contributed by atoms with van der Waals surface area (Å²) in [5.41, 5.74) is 0. The zero-order chi connectivity index (χ0) is 26.0. The van der Waals surface area contributed by atoms with Crippen molar-refractivity contribution in [3.63, 3.8) is 0 Å². The van der Waals surface area contributed by atoms with Crippen LogP contribution in [0, 0.1) is 12.3 Å². The Labute approximate surface area is 209 Å². The first kappa shape index (κ1) is 32.9. The van der Waals surface area contributed by atoms with Crippen LogP contribution in [0.25, 0.3) is 0 Å². The molecule has 0 aliphatic heterocycles. The fourth-order valence-corrected chi connectivity index (χ4v) is 18.5. The number of unbranched alkanes of at least 4 members (excludes halogenated alkanes) is 2. The molecule has 0 saturated carbocycles. The van der Waals surface area contributed by atoms with Crippen molar-refractivity contribution in [2.24, 2.45) is 0 Å². The van der Waals surface area contributed by atoms with Crippen LogP contribution in [0.5, 0.6) is 0 Å². The van der Waals surface area contributed by atoms with Crippen molar-refractivity contribution < 1.29 is 21.6 Å². The molecule has 0 radical (unpaired) electrons. The molecule has 0 bridgehead atoms. The van der Waals surface area contributed by atoms with Gasteiger partial charge < -0.3 is 21.6 Å². The van der Waals surface area contributed by atoms with E-state index < -0.39 is 33.8 Å². The lowest BCUT2D eigenvalue weighted by Crippen LogP contribution is -2.60. The predicted molar refractivity (Wildman–Crippen MR) is 151 cm³/mol. The van der Waals surface area contributed by atoms with Gasteiger partial charge in [0.25, 0.3) is 0 Å². The summed E-state index contributed by atoms with van der Waals surface area (Å²) in [4.78, 5) is 10.7. The number of carbonyl (C=O) groups is 1. The van der Waals surface area contributed by atoms with Gasteiger partial charge in [0.05, 0.1) is 14.1 Å². The molecule has 1 N–H and O–H groups in total. The van der Waals surface area contributed by atoms with Crippen LogP contribution in [0.1, 0.15) is 32.1 Å². The largest absolute Gasteiger partial charge is 0.469 e. The highest BCUT2D eigenvalue weighted by Gasteiger charge is 2.49. The highest BCUT2D eigenvalue weighted by atomic mass is 28.5. The molecule has 194 valence electrons. The van der Waals surface area contributed by atoms with Crippen molar-refractivity contribution >= 4 is 40.0 Å². The predicted octanol–water partition coefficient (Wildman–Crippen LogP) is 5.25. The van der Waals surface area contributed by atoms with Crippen molar-refractivity contribution in [2.45, 2.75) is 103 Å². The van der Waals surface area contributed by atoms with E-state index in [0.717, 1.165) is 49.0 Å². The Kier molecular flexibility index (Phi) is 13.8. The first-order chi connectivity index (χ1) is 14.8. The second-order valence-electron chi connectivity index (χ2n) is 12.5. The molecule has 0 heterocycles. The topological polar surface area (TPSA) is 56.8 Å². The van der Waals surface area contributed by atoms with E-state index in [1.165, 1.54) is 0 Å². The van der Waals surface area contributed by atoms with E-state index >= 15 is 0 Å². The standard InChI is InChI=1S/C23H53N2O4Si4/c1-13-20-25(2,3)23(18-15-14-16-21-26)24-19-17-22-33(27-30(4,5)6,28-31(7,8)9)29-32(10,11)12/h1,21,23-24H,14-20,22H2,2-12H3/q+1. The van der Waals surface area contributed by atoms with Crippen LogP contribution in [-0.2, 0) is 17.1 Å². The maximum Gasteiger partial charge on any atom is 0.469 e. The molecule has 0 aromatic carbocycles. The number of quaternary nitrogens is 1. The number of carbonyl (C=O) groups excluding carboxylic acids is 1. The molecular formula is C23H53N2O4Si4+. The summed E-state index contributed by atoms with van der Waals surface area (Å²) in [6.45, 7) is 21.6. The van der Waals surface area contributed by atoms with Gasteiger partial charge in [-0.15, -0.1) is 6.42 Å². The summed E-state index contributed by atoms with van der Waals surface area (Å²) in [5, 5.41) is 3.76. The van der Waals surface area contributed by atoms with Crippen molar-refractivity contribution in [3.8, 4) is 12.3 Å². The number of hydrogen-bond acceptors (Lipinski definition) is 5. The number of nitrogens with zero attached hydrogens (tertiary/aromatic N) is 1. The van der Waals surface area contributed by atoms with E-state index in [4.69, 9.17) is 18.8 Å². The van der Waals surface area contributed by atoms with Crippen molar-refractivity contribution in [3.05, 3.63) is 0 Å². The summed E-state index contributed by atoms with van der Waals surface area (Å²) in [6.07, 6.45) is 11.4. The summed E-state index contributed by atoms with van der Waals surface area (Å²) in [5.74, 6) is 2.82. The molecule has 0 rings (SSSR count). The molecule has 1 atom stereocenters. The molecule has 0 saturated heterocycles. The smallest absolute Gasteiger partial charge is 0.417 e. The Morgan fingerprint density at radius 1 is 0.879 bits per heavy atom. The highest BCUT2D eigenvalue weighted by Crippen LogP contribution is 2.29. The molecule has 0 aliphatic carbocycles. The van der Waals surface area contributed by atoms with E-state index in [-0.39, 0.29) is 6.17 Å². The first-order valence-corrected chi connectivity index (χ1v) is 24.5. The Morgan fingerprint density at radius 2 is 1.36 bits per heavy atom. The van der Waals surface area contributed by atoms with Crippen molar-refractivity contribution in [1.82, 2.24) is 5.32 Å². The summed E-state index contributed by atoms with van der Waals surface area (Å²) in [7, 11) is -4.03. The third-order valence-corrected chi connectivity index (χ3v) is 16.9. The van der Waals surface area contributed by atoms with Crippen LogP contribution in [0.3, 0.4) is 0 Å². The Hall–Kier alpha value is -0.102. The summed E-state index contributed by atoms with van der Waals surface area (Å²) < 4.78 is 21.1. The Balaban J connectivity index is 5.44. The lowest BCUT2D eigenvalue weighted by Gasteiger charge is -2.43. The van der Waals surface area contributed by atoms with Gasteiger partial charge in [0.2, 0.25) is 0 Å². The van der Waals surface area contributed by atoms with Gasteiger partial charge in [0, 0.05) is 25.4 Å². The van der Waals surface area contributed by atoms with Crippen molar-refractivity contribution in [1.29, 1.82) is 0 Å². The van der Waals surface area contributed by atoms with Gasteiger partial charge in [-0.1, -0.05) is 0 Å². The molecule has 0 aliphatic rings. The van der Waals surface area contributed by atoms with E-state index in [9.17, 15) is 4.79 Å². The average Bonchev–Trinajstić information content (AvgIpc) is 2.55. The number of aldehydes is 1. The van der Waals surface area contributed by atoms with Gasteiger partial charge in [-0.05, 0) is 84.1 Å². The van der Waals surface area contributed by atoms with Gasteiger partial charge in [0.1, 0.15) is 19.0 Å². The van der Waals surface area contributed by atoms with Crippen LogP contribution in [0.15, 0.2) is 0 Å². The molecule has 0 fully saturated rings. The minimum Gasteiger partial charge on any atom is -0.417 e. The fourth-order valence-electron chi connectivity index (χ4n) is 3.80. The van der Waals surface area contributed by atoms with Crippen LogP contribution < -0.4 is 5.32 Å². The van der Waals surface area contributed by atoms with Crippen molar-refractivity contribution in [2.75, 3.05) is 27.2 Å². The van der Waals surface area contributed by atoms with E-state index in [1.807, 2.05) is 0 Å².